The molecule has 0 saturated heterocycles. The summed E-state index contributed by atoms with van der Waals surface area (Å²) in [5.74, 6) is 1.31. The lowest BCUT2D eigenvalue weighted by Crippen LogP contribution is -2.29. The summed E-state index contributed by atoms with van der Waals surface area (Å²) >= 11 is 0. The monoisotopic (exact) mass is 525 g/mol. The predicted octanol–water partition coefficient (Wildman–Crippen LogP) is 12.2. The van der Waals surface area contributed by atoms with Crippen LogP contribution >= 0.6 is 0 Å². The van der Waals surface area contributed by atoms with E-state index in [4.69, 9.17) is 4.98 Å². The van der Waals surface area contributed by atoms with E-state index in [0.29, 0.717) is 6.04 Å². The molecular weight excluding hydrogens is 460 g/mol. The van der Waals surface area contributed by atoms with Crippen LogP contribution in [0, 0.1) is 0 Å². The molecule has 1 aromatic rings. The van der Waals surface area contributed by atoms with Crippen molar-refractivity contribution in [3.8, 4) is 0 Å². The Kier molecular flexibility index (Phi) is 18.6. The first kappa shape index (κ1) is 32.9. The Morgan fingerprint density at radius 3 is 1.68 bits per heavy atom. The van der Waals surface area contributed by atoms with Crippen LogP contribution in [0.3, 0.4) is 0 Å². The molecule has 0 aromatic carbocycles. The average Bonchev–Trinajstić information content (AvgIpc) is 3.44. The van der Waals surface area contributed by atoms with Crippen molar-refractivity contribution in [3.63, 3.8) is 0 Å². The molecule has 0 amide bonds. The van der Waals surface area contributed by atoms with Gasteiger partial charge in [-0.2, -0.15) is 0 Å². The van der Waals surface area contributed by atoms with E-state index in [1.807, 2.05) is 6.20 Å². The Morgan fingerprint density at radius 1 is 0.684 bits per heavy atom. The lowest BCUT2D eigenvalue weighted by atomic mass is 9.76. The first-order valence-electron chi connectivity index (χ1n) is 17.1. The van der Waals surface area contributed by atoms with E-state index in [9.17, 15) is 0 Å². The molecule has 0 spiro atoms. The normalized spacial score (nSPS) is 17.9. The van der Waals surface area contributed by atoms with Gasteiger partial charge < -0.3 is 4.57 Å². The minimum Gasteiger partial charge on any atom is -0.331 e. The van der Waals surface area contributed by atoms with Crippen LogP contribution in [0.2, 0.25) is 0 Å². The van der Waals surface area contributed by atoms with E-state index in [-0.39, 0.29) is 5.41 Å². The summed E-state index contributed by atoms with van der Waals surface area (Å²) in [6, 6.07) is 0.538. The zero-order chi connectivity index (χ0) is 27.2. The SMILES string of the molecule is CCCCCCCCCCCCCCCCCCC1(c2nccn2C(C)CCCCCCC)C=CC=CC1. The van der Waals surface area contributed by atoms with Gasteiger partial charge in [0, 0.05) is 18.4 Å². The molecule has 0 fully saturated rings. The summed E-state index contributed by atoms with van der Waals surface area (Å²) in [6.07, 6.45) is 46.8. The highest BCUT2D eigenvalue weighted by atomic mass is 15.1. The summed E-state index contributed by atoms with van der Waals surface area (Å²) in [7, 11) is 0. The minimum atomic E-state index is 0.0880. The van der Waals surface area contributed by atoms with Crippen molar-refractivity contribution in [2.24, 2.45) is 0 Å². The van der Waals surface area contributed by atoms with Crippen LogP contribution in [0.15, 0.2) is 36.7 Å². The molecule has 2 nitrogen and oxygen atoms in total. The van der Waals surface area contributed by atoms with E-state index in [1.165, 1.54) is 154 Å². The van der Waals surface area contributed by atoms with E-state index < -0.39 is 0 Å². The lowest BCUT2D eigenvalue weighted by molar-refractivity contribution is 0.380. The van der Waals surface area contributed by atoms with Crippen molar-refractivity contribution in [1.29, 1.82) is 0 Å². The molecule has 38 heavy (non-hydrogen) atoms. The fraction of sp³-hybridized carbons (Fsp3) is 0.806. The quantitative estimate of drug-likeness (QED) is 0.116. The number of allylic oxidation sites excluding steroid dienone is 4. The number of hydrogen-bond donors (Lipinski definition) is 0. The number of imidazole rings is 1. The second kappa shape index (κ2) is 21.5. The molecule has 2 heteroatoms. The molecule has 0 aliphatic heterocycles. The Bertz CT molecular complexity index is 729. The van der Waals surface area contributed by atoms with E-state index >= 15 is 0 Å². The van der Waals surface area contributed by atoms with Crippen molar-refractivity contribution in [2.75, 3.05) is 0 Å². The Labute approximate surface area is 238 Å². The summed E-state index contributed by atoms with van der Waals surface area (Å²) in [6.45, 7) is 7.00. The summed E-state index contributed by atoms with van der Waals surface area (Å²) in [5, 5.41) is 0. The maximum atomic E-state index is 4.96. The third-order valence-electron chi connectivity index (χ3n) is 8.94. The van der Waals surface area contributed by atoms with Crippen LogP contribution in [-0.4, -0.2) is 9.55 Å². The minimum absolute atomic E-state index is 0.0880. The van der Waals surface area contributed by atoms with Crippen LogP contribution in [0.5, 0.6) is 0 Å². The van der Waals surface area contributed by atoms with Gasteiger partial charge in [0.15, 0.2) is 0 Å². The van der Waals surface area contributed by atoms with E-state index in [2.05, 4.69) is 55.8 Å². The highest BCUT2D eigenvalue weighted by Crippen LogP contribution is 2.38. The molecule has 1 aliphatic carbocycles. The molecule has 1 aromatic heterocycles. The van der Waals surface area contributed by atoms with Crippen molar-refractivity contribution >= 4 is 0 Å². The molecule has 0 saturated carbocycles. The molecule has 2 atom stereocenters. The molecule has 0 bridgehead atoms. The van der Waals surface area contributed by atoms with E-state index in [0.717, 1.165) is 6.42 Å². The fourth-order valence-corrected chi connectivity index (χ4v) is 6.35. The van der Waals surface area contributed by atoms with Gasteiger partial charge in [-0.1, -0.05) is 173 Å². The molecule has 1 aliphatic rings. The maximum absolute atomic E-state index is 4.96. The van der Waals surface area contributed by atoms with Crippen LogP contribution in [0.1, 0.15) is 187 Å². The average molecular weight is 525 g/mol. The third-order valence-corrected chi connectivity index (χ3v) is 8.94. The molecule has 218 valence electrons. The number of aromatic nitrogens is 2. The molecule has 1 heterocycles. The topological polar surface area (TPSA) is 17.8 Å². The highest BCUT2D eigenvalue weighted by Gasteiger charge is 2.34. The van der Waals surface area contributed by atoms with E-state index in [1.54, 1.807) is 0 Å². The van der Waals surface area contributed by atoms with Gasteiger partial charge >= 0.3 is 0 Å². The van der Waals surface area contributed by atoms with Crippen molar-refractivity contribution in [2.45, 2.75) is 186 Å². The molecule has 2 rings (SSSR count). The largest absolute Gasteiger partial charge is 0.331 e. The van der Waals surface area contributed by atoms with Crippen LogP contribution in [0.4, 0.5) is 0 Å². The zero-order valence-electron chi connectivity index (χ0n) is 25.9. The summed E-state index contributed by atoms with van der Waals surface area (Å²) in [5.41, 5.74) is 0.0880. The Hall–Kier alpha value is -1.31. The summed E-state index contributed by atoms with van der Waals surface area (Å²) in [4.78, 5) is 4.96. The molecule has 0 radical (unpaired) electrons. The van der Waals surface area contributed by atoms with Crippen LogP contribution in [-0.2, 0) is 5.41 Å². The van der Waals surface area contributed by atoms with Crippen molar-refractivity contribution in [1.82, 2.24) is 9.55 Å². The first-order chi connectivity index (χ1) is 18.7. The number of unbranched alkanes of at least 4 members (excludes halogenated alkanes) is 19. The number of hydrogen-bond acceptors (Lipinski definition) is 1. The zero-order valence-corrected chi connectivity index (χ0v) is 25.9. The number of rotatable bonds is 25. The van der Waals surface area contributed by atoms with Gasteiger partial charge in [-0.25, -0.2) is 4.98 Å². The van der Waals surface area contributed by atoms with Gasteiger partial charge in [-0.05, 0) is 26.2 Å². The third kappa shape index (κ3) is 13.2. The lowest BCUT2D eigenvalue weighted by Gasteiger charge is -2.33. The van der Waals surface area contributed by atoms with Gasteiger partial charge in [-0.3, -0.25) is 0 Å². The highest BCUT2D eigenvalue weighted by molar-refractivity contribution is 5.29. The smallest absolute Gasteiger partial charge is 0.119 e. The van der Waals surface area contributed by atoms with Crippen molar-refractivity contribution in [3.05, 3.63) is 42.5 Å². The molecule has 2 unspecified atom stereocenters. The predicted molar refractivity (Wildman–Crippen MR) is 169 cm³/mol. The Morgan fingerprint density at radius 2 is 1.18 bits per heavy atom. The second-order valence-electron chi connectivity index (χ2n) is 12.4. The number of nitrogens with zero attached hydrogens (tertiary/aromatic N) is 2. The van der Waals surface area contributed by atoms with Gasteiger partial charge in [0.1, 0.15) is 5.82 Å². The van der Waals surface area contributed by atoms with Gasteiger partial charge in [0.2, 0.25) is 0 Å². The van der Waals surface area contributed by atoms with Crippen molar-refractivity contribution < 1.29 is 0 Å². The second-order valence-corrected chi connectivity index (χ2v) is 12.4. The van der Waals surface area contributed by atoms with Crippen LogP contribution < -0.4 is 0 Å². The van der Waals surface area contributed by atoms with Gasteiger partial charge in [-0.15, -0.1) is 0 Å². The Balaban J connectivity index is 1.61. The maximum Gasteiger partial charge on any atom is 0.119 e. The standard InChI is InChI=1S/C36H64N2/c1-4-6-8-10-11-12-13-14-15-16-17-18-19-20-22-25-29-36(30-26-23-27-31-36)35-37-32-33-38(35)34(3)28-24-21-9-7-5-2/h23,26-27,30,32-34H,4-22,24-25,28-29,31H2,1-3H3. The van der Waals surface area contributed by atoms with Gasteiger partial charge in [0.25, 0.3) is 0 Å². The van der Waals surface area contributed by atoms with Gasteiger partial charge in [0.05, 0.1) is 5.41 Å². The molecular formula is C36H64N2. The fourth-order valence-electron chi connectivity index (χ4n) is 6.35. The molecule has 0 N–H and O–H groups in total. The van der Waals surface area contributed by atoms with Crippen LogP contribution in [0.25, 0.3) is 0 Å². The first-order valence-corrected chi connectivity index (χ1v) is 17.1. The summed E-state index contributed by atoms with van der Waals surface area (Å²) < 4.78 is 2.51.